The summed E-state index contributed by atoms with van der Waals surface area (Å²) in [6.07, 6.45) is 12.6. The van der Waals surface area contributed by atoms with E-state index in [9.17, 15) is 10.2 Å². The van der Waals surface area contributed by atoms with Gasteiger partial charge in [-0.2, -0.15) is 0 Å². The summed E-state index contributed by atoms with van der Waals surface area (Å²) in [6, 6.07) is 5.90. The van der Waals surface area contributed by atoms with Crippen molar-refractivity contribution in [3.05, 3.63) is 29.3 Å². The van der Waals surface area contributed by atoms with Crippen molar-refractivity contribution in [1.82, 2.24) is 0 Å². The van der Waals surface area contributed by atoms with Gasteiger partial charge in [-0.25, -0.2) is 0 Å². The summed E-state index contributed by atoms with van der Waals surface area (Å²) in [5.41, 5.74) is 2.73. The quantitative estimate of drug-likeness (QED) is 0.777. The number of aryl methyl sites for hydroxylation is 1. The molecule has 0 aliphatic heterocycles. The summed E-state index contributed by atoms with van der Waals surface area (Å²) in [5.74, 6) is 5.05. The van der Waals surface area contributed by atoms with E-state index in [1.807, 2.05) is 12.1 Å². The molecular formula is C20H24O2. The Kier molecular flexibility index (Phi) is 3.24. The van der Waals surface area contributed by atoms with Crippen molar-refractivity contribution in [2.45, 2.75) is 57.0 Å². The molecule has 3 aliphatic carbocycles. The van der Waals surface area contributed by atoms with Crippen molar-refractivity contribution in [2.24, 2.45) is 17.3 Å². The minimum Gasteiger partial charge on any atom is -0.508 e. The van der Waals surface area contributed by atoms with Crippen LogP contribution in [-0.2, 0) is 6.42 Å². The predicted octanol–water partition coefficient (Wildman–Crippen LogP) is 3.61. The van der Waals surface area contributed by atoms with Crippen molar-refractivity contribution in [3.8, 4) is 18.1 Å². The summed E-state index contributed by atoms with van der Waals surface area (Å²) >= 11 is 0. The van der Waals surface area contributed by atoms with E-state index in [1.54, 1.807) is 0 Å². The Labute approximate surface area is 132 Å². The van der Waals surface area contributed by atoms with Gasteiger partial charge >= 0.3 is 0 Å². The van der Waals surface area contributed by atoms with Crippen molar-refractivity contribution >= 4 is 0 Å². The minimum absolute atomic E-state index is 0.0235. The molecule has 0 amide bonds. The van der Waals surface area contributed by atoms with Gasteiger partial charge in [-0.1, -0.05) is 6.07 Å². The van der Waals surface area contributed by atoms with Gasteiger partial charge in [-0.3, -0.25) is 0 Å². The highest BCUT2D eigenvalue weighted by atomic mass is 16.3. The zero-order valence-corrected chi connectivity index (χ0v) is 13.0. The molecule has 116 valence electrons. The molecule has 2 N–H and O–H groups in total. The third kappa shape index (κ3) is 1.85. The molecule has 0 aromatic heterocycles. The number of terminal acetylenes is 1. The topological polar surface area (TPSA) is 40.5 Å². The highest BCUT2D eigenvalue weighted by Gasteiger charge is 2.56. The van der Waals surface area contributed by atoms with E-state index in [1.165, 1.54) is 17.5 Å². The maximum absolute atomic E-state index is 10.6. The molecule has 0 radical (unpaired) electrons. The lowest BCUT2D eigenvalue weighted by molar-refractivity contribution is -0.0330. The molecule has 2 heteroatoms. The Morgan fingerprint density at radius 3 is 2.91 bits per heavy atom. The van der Waals surface area contributed by atoms with Gasteiger partial charge in [0.05, 0.1) is 6.10 Å². The van der Waals surface area contributed by atoms with Crippen LogP contribution in [0.25, 0.3) is 0 Å². The van der Waals surface area contributed by atoms with Crippen LogP contribution < -0.4 is 0 Å². The van der Waals surface area contributed by atoms with Gasteiger partial charge in [0.1, 0.15) is 5.75 Å². The van der Waals surface area contributed by atoms with Gasteiger partial charge in [0.15, 0.2) is 0 Å². The largest absolute Gasteiger partial charge is 0.508 e. The number of aliphatic hydroxyl groups excluding tert-OH is 1. The van der Waals surface area contributed by atoms with E-state index in [0.29, 0.717) is 23.5 Å². The van der Waals surface area contributed by atoms with E-state index in [0.717, 1.165) is 38.5 Å². The van der Waals surface area contributed by atoms with Crippen LogP contribution in [0.3, 0.4) is 0 Å². The Morgan fingerprint density at radius 2 is 2.09 bits per heavy atom. The molecule has 5 atom stereocenters. The van der Waals surface area contributed by atoms with Crippen LogP contribution in [0, 0.1) is 29.6 Å². The standard InChI is InChI=1S/C20H24O2/c1-2-10-20-11-9-16-15-6-4-14(21)12-13(15)3-5-17(16)18(20)7-8-19(20)22/h1,4,6,12,16-19,21-22H,3,5,7-11H2/t16-,17-,18+,19?,20+/m1/s1. The molecule has 22 heavy (non-hydrogen) atoms. The summed E-state index contributed by atoms with van der Waals surface area (Å²) < 4.78 is 0. The molecule has 3 aliphatic rings. The van der Waals surface area contributed by atoms with Gasteiger partial charge in [0.2, 0.25) is 0 Å². The number of aliphatic hydroxyl groups is 1. The van der Waals surface area contributed by atoms with E-state index >= 15 is 0 Å². The lowest BCUT2D eigenvalue weighted by Gasteiger charge is -2.51. The Hall–Kier alpha value is -1.46. The first-order valence-electron chi connectivity index (χ1n) is 8.59. The van der Waals surface area contributed by atoms with Crippen LogP contribution >= 0.6 is 0 Å². The second kappa shape index (κ2) is 5.03. The van der Waals surface area contributed by atoms with Crippen LogP contribution in [0.5, 0.6) is 5.75 Å². The normalized spacial score (nSPS) is 39.5. The number of rotatable bonds is 1. The average Bonchev–Trinajstić information content (AvgIpc) is 2.84. The number of fused-ring (bicyclic) bond motifs is 5. The molecule has 4 rings (SSSR count). The molecule has 0 bridgehead atoms. The molecule has 1 aromatic carbocycles. The first kappa shape index (κ1) is 14.2. The highest BCUT2D eigenvalue weighted by molar-refractivity contribution is 5.40. The van der Waals surface area contributed by atoms with Crippen molar-refractivity contribution in [1.29, 1.82) is 0 Å². The summed E-state index contributed by atoms with van der Waals surface area (Å²) in [6.45, 7) is 0. The molecule has 2 saturated carbocycles. The van der Waals surface area contributed by atoms with Crippen LogP contribution in [0.4, 0.5) is 0 Å². The molecule has 2 nitrogen and oxygen atoms in total. The number of phenols is 1. The molecule has 1 unspecified atom stereocenters. The third-order valence-electron chi connectivity index (χ3n) is 6.81. The third-order valence-corrected chi connectivity index (χ3v) is 6.81. The van der Waals surface area contributed by atoms with Crippen LogP contribution in [0.2, 0.25) is 0 Å². The number of benzene rings is 1. The lowest BCUT2D eigenvalue weighted by Crippen LogP contribution is -2.45. The SMILES string of the molecule is C#CC[C@]12CC[C@@H]3c4ccc(O)cc4CC[C@H]3[C@@H]1CCC2O. The zero-order chi connectivity index (χ0) is 15.3. The first-order chi connectivity index (χ1) is 10.7. The fourth-order valence-corrected chi connectivity index (χ4v) is 5.88. The Balaban J connectivity index is 1.71. The van der Waals surface area contributed by atoms with Gasteiger partial charge in [0.25, 0.3) is 0 Å². The van der Waals surface area contributed by atoms with E-state index in [2.05, 4.69) is 12.0 Å². The molecule has 0 saturated heterocycles. The van der Waals surface area contributed by atoms with E-state index in [4.69, 9.17) is 6.42 Å². The summed E-state index contributed by atoms with van der Waals surface area (Å²) in [5, 5.41) is 20.3. The number of aromatic hydroxyl groups is 1. The molecule has 0 heterocycles. The van der Waals surface area contributed by atoms with Crippen molar-refractivity contribution < 1.29 is 10.2 Å². The Bertz CT molecular complexity index is 629. The maximum Gasteiger partial charge on any atom is 0.115 e. The minimum atomic E-state index is -0.212. The van der Waals surface area contributed by atoms with E-state index < -0.39 is 0 Å². The Morgan fingerprint density at radius 1 is 1.23 bits per heavy atom. The number of hydrogen-bond acceptors (Lipinski definition) is 2. The van der Waals surface area contributed by atoms with Crippen LogP contribution in [-0.4, -0.2) is 16.3 Å². The smallest absolute Gasteiger partial charge is 0.115 e. The van der Waals surface area contributed by atoms with Gasteiger partial charge in [0, 0.05) is 11.8 Å². The highest BCUT2D eigenvalue weighted by Crippen LogP contribution is 2.62. The zero-order valence-electron chi connectivity index (χ0n) is 13.0. The molecular weight excluding hydrogens is 272 g/mol. The van der Waals surface area contributed by atoms with Crippen LogP contribution in [0.15, 0.2) is 18.2 Å². The monoisotopic (exact) mass is 296 g/mol. The lowest BCUT2D eigenvalue weighted by atomic mass is 9.54. The van der Waals surface area contributed by atoms with Gasteiger partial charge in [-0.15, -0.1) is 12.3 Å². The second-order valence-electron chi connectivity index (χ2n) is 7.54. The molecule has 1 aromatic rings. The second-order valence-corrected chi connectivity index (χ2v) is 7.54. The molecule has 0 spiro atoms. The van der Waals surface area contributed by atoms with Gasteiger partial charge < -0.3 is 10.2 Å². The van der Waals surface area contributed by atoms with Crippen LogP contribution in [0.1, 0.15) is 55.6 Å². The average molecular weight is 296 g/mol. The first-order valence-corrected chi connectivity index (χ1v) is 8.59. The maximum atomic E-state index is 10.6. The number of hydrogen-bond donors (Lipinski definition) is 2. The van der Waals surface area contributed by atoms with Crippen molar-refractivity contribution in [2.75, 3.05) is 0 Å². The van der Waals surface area contributed by atoms with Crippen molar-refractivity contribution in [3.63, 3.8) is 0 Å². The molecule has 2 fully saturated rings. The van der Waals surface area contributed by atoms with Gasteiger partial charge in [-0.05, 0) is 79.5 Å². The summed E-state index contributed by atoms with van der Waals surface area (Å²) in [4.78, 5) is 0. The number of phenolic OH excluding ortho intramolecular Hbond substituents is 1. The summed E-state index contributed by atoms with van der Waals surface area (Å²) in [7, 11) is 0. The predicted molar refractivity (Wildman–Crippen MR) is 86.5 cm³/mol. The fourth-order valence-electron chi connectivity index (χ4n) is 5.88. The van der Waals surface area contributed by atoms with E-state index in [-0.39, 0.29) is 11.5 Å². The fraction of sp³-hybridized carbons (Fsp3) is 0.600.